The average molecular weight is 1100 g/mol. The number of likely N-dealkylation sites (tertiary alicyclic amines) is 1. The van der Waals surface area contributed by atoms with Gasteiger partial charge in [-0.2, -0.15) is 13.2 Å². The van der Waals surface area contributed by atoms with E-state index in [1.54, 1.807) is 62.2 Å². The van der Waals surface area contributed by atoms with E-state index in [0.29, 0.717) is 97.6 Å². The summed E-state index contributed by atoms with van der Waals surface area (Å²) in [4.78, 5) is 44.9. The number of ether oxygens (including phenoxy) is 6. The van der Waals surface area contributed by atoms with Crippen molar-refractivity contribution in [3.05, 3.63) is 99.1 Å². The summed E-state index contributed by atoms with van der Waals surface area (Å²) in [5, 5.41) is 13.2. The van der Waals surface area contributed by atoms with Crippen molar-refractivity contribution in [2.45, 2.75) is 52.0 Å². The van der Waals surface area contributed by atoms with E-state index >= 15 is 0 Å². The van der Waals surface area contributed by atoms with Gasteiger partial charge in [0, 0.05) is 92.9 Å². The van der Waals surface area contributed by atoms with E-state index in [1.165, 1.54) is 11.7 Å². The molecule has 3 aromatic carbocycles. The molecule has 2 aliphatic rings. The van der Waals surface area contributed by atoms with Crippen LogP contribution in [0.2, 0.25) is 0 Å². The number of piperazine rings is 1. The Balaban J connectivity index is 0.730. The Morgan fingerprint density at radius 2 is 1.37 bits per heavy atom. The molecule has 2 aromatic heterocycles. The predicted molar refractivity (Wildman–Crippen MR) is 300 cm³/mol. The Morgan fingerprint density at radius 1 is 0.734 bits per heavy atom. The Hall–Kier alpha value is -6.80. The molecule has 0 spiro atoms. The highest BCUT2D eigenvalue weighted by atomic mass is 19.4. The second-order valence-corrected chi connectivity index (χ2v) is 19.8. The monoisotopic (exact) mass is 1100 g/mol. The number of alkyl halides is 3. The molecule has 7 rings (SSSR count). The maximum atomic E-state index is 13.8. The second-order valence-electron chi connectivity index (χ2n) is 19.8. The number of anilines is 2. The van der Waals surface area contributed by atoms with Crippen LogP contribution in [-0.2, 0) is 39.1 Å². The fourth-order valence-electron chi connectivity index (χ4n) is 9.78. The van der Waals surface area contributed by atoms with Gasteiger partial charge in [0.15, 0.2) is 0 Å². The van der Waals surface area contributed by atoms with Crippen molar-refractivity contribution in [1.82, 2.24) is 34.5 Å². The number of aromatic nitrogens is 2. The summed E-state index contributed by atoms with van der Waals surface area (Å²) >= 11 is 0. The fraction of sp³-hybridized carbons (Fsp3) is 0.500. The summed E-state index contributed by atoms with van der Waals surface area (Å²) in [6.07, 6.45) is -0.695. The highest BCUT2D eigenvalue weighted by Gasteiger charge is 2.30. The Labute approximate surface area is 460 Å². The number of fused-ring (bicyclic) bond motifs is 1. The minimum atomic E-state index is -4.44. The van der Waals surface area contributed by atoms with Gasteiger partial charge in [-0.25, -0.2) is 0 Å². The zero-order valence-electron chi connectivity index (χ0n) is 46.5. The third kappa shape index (κ3) is 16.9. The van der Waals surface area contributed by atoms with E-state index in [9.17, 15) is 27.6 Å². The van der Waals surface area contributed by atoms with Crippen LogP contribution in [0.3, 0.4) is 0 Å². The lowest BCUT2D eigenvalue weighted by atomic mass is 9.97. The SMILES string of the molecule is COc1cc(C(=O)NCCOCCOCCOCCNC(=O)CN2CCN(Cc3c(OC)cc(-c4cn(C)c(=O)c(C)c4C)cc3OC)CC2)ccc1NCC#Cc1cc2c(NC3CCN(C)CC3)cccc2n1CC(F)(F)F. The van der Waals surface area contributed by atoms with E-state index in [0.717, 1.165) is 80.1 Å². The molecule has 0 atom stereocenters. The van der Waals surface area contributed by atoms with Crippen molar-refractivity contribution < 1.29 is 51.2 Å². The number of nitrogens with one attached hydrogen (secondary N) is 4. The van der Waals surface area contributed by atoms with Crippen LogP contribution in [0.1, 0.15) is 45.6 Å². The molecule has 0 aliphatic carbocycles. The summed E-state index contributed by atoms with van der Waals surface area (Å²) in [7, 11) is 8.62. The first-order valence-electron chi connectivity index (χ1n) is 26.8. The highest BCUT2D eigenvalue weighted by Crippen LogP contribution is 2.38. The van der Waals surface area contributed by atoms with Gasteiger partial charge < -0.3 is 63.7 Å². The van der Waals surface area contributed by atoms with Gasteiger partial charge in [0.25, 0.3) is 11.5 Å². The molecule has 18 nitrogen and oxygen atoms in total. The number of methoxy groups -OCH3 is 3. The predicted octanol–water partition coefficient (Wildman–Crippen LogP) is 5.90. The van der Waals surface area contributed by atoms with Crippen molar-refractivity contribution in [3.8, 4) is 40.2 Å². The molecule has 2 amide bonds. The Morgan fingerprint density at radius 3 is 2.01 bits per heavy atom. The number of carbonyl (C=O) groups is 2. The molecule has 0 saturated carbocycles. The van der Waals surface area contributed by atoms with E-state index < -0.39 is 12.7 Å². The average Bonchev–Trinajstić information content (AvgIpc) is 4.00. The first-order chi connectivity index (χ1) is 38.0. The number of carbonyl (C=O) groups excluding carboxylic acids is 2. The van der Waals surface area contributed by atoms with E-state index in [4.69, 9.17) is 28.4 Å². The van der Waals surface area contributed by atoms with Crippen LogP contribution in [0.25, 0.3) is 22.0 Å². The normalized spacial score (nSPS) is 14.7. The molecule has 4 heterocycles. The summed E-state index contributed by atoms with van der Waals surface area (Å²) < 4.78 is 78.2. The number of piperidine rings is 1. The van der Waals surface area contributed by atoms with Crippen molar-refractivity contribution in [1.29, 1.82) is 0 Å². The number of hydrogen-bond donors (Lipinski definition) is 4. The quantitative estimate of drug-likeness (QED) is 0.0381. The molecule has 2 fully saturated rings. The van der Waals surface area contributed by atoms with E-state index in [-0.39, 0.29) is 48.8 Å². The molecule has 0 unspecified atom stereocenters. The summed E-state index contributed by atoms with van der Waals surface area (Å²) in [6, 6.07) is 16.2. The lowest BCUT2D eigenvalue weighted by molar-refractivity contribution is -0.140. The first-order valence-corrected chi connectivity index (χ1v) is 26.8. The summed E-state index contributed by atoms with van der Waals surface area (Å²) in [5.41, 5.74) is 6.86. The van der Waals surface area contributed by atoms with Crippen LogP contribution in [0.15, 0.2) is 65.6 Å². The molecule has 4 N–H and O–H groups in total. The third-order valence-electron chi connectivity index (χ3n) is 14.3. The molecular weight excluding hydrogens is 1020 g/mol. The maximum absolute atomic E-state index is 13.8. The second kappa shape index (κ2) is 28.9. The molecule has 79 heavy (non-hydrogen) atoms. The van der Waals surface area contributed by atoms with Crippen LogP contribution in [-0.4, -0.2) is 181 Å². The number of pyridine rings is 1. The lowest BCUT2D eigenvalue weighted by Gasteiger charge is -2.34. The number of benzene rings is 3. The summed E-state index contributed by atoms with van der Waals surface area (Å²) in [5.74, 6) is 7.37. The van der Waals surface area contributed by atoms with E-state index in [2.05, 4.69) is 54.9 Å². The zero-order valence-corrected chi connectivity index (χ0v) is 46.5. The maximum Gasteiger partial charge on any atom is 0.406 e. The number of hydrogen-bond acceptors (Lipinski definition) is 14. The molecule has 0 radical (unpaired) electrons. The smallest absolute Gasteiger partial charge is 0.406 e. The molecule has 21 heteroatoms. The summed E-state index contributed by atoms with van der Waals surface area (Å²) in [6.45, 7) is 11.3. The van der Waals surface area contributed by atoms with Crippen molar-refractivity contribution >= 4 is 34.1 Å². The number of halogens is 3. The van der Waals surface area contributed by atoms with Crippen molar-refractivity contribution in [3.63, 3.8) is 0 Å². The number of nitrogens with zero attached hydrogens (tertiary/aromatic N) is 5. The van der Waals surface area contributed by atoms with Crippen LogP contribution in [0, 0.1) is 25.7 Å². The van der Waals surface area contributed by atoms with Crippen molar-refractivity contribution in [2.75, 3.05) is 144 Å². The van der Waals surface area contributed by atoms with Crippen LogP contribution < -0.4 is 41.0 Å². The lowest BCUT2D eigenvalue weighted by Crippen LogP contribution is -2.49. The Bertz CT molecular complexity index is 2950. The van der Waals surface area contributed by atoms with Crippen LogP contribution in [0.5, 0.6) is 17.2 Å². The largest absolute Gasteiger partial charge is 0.496 e. The molecule has 2 saturated heterocycles. The third-order valence-corrected chi connectivity index (χ3v) is 14.3. The highest BCUT2D eigenvalue weighted by molar-refractivity contribution is 5.95. The van der Waals surface area contributed by atoms with Gasteiger partial charge >= 0.3 is 6.18 Å². The number of amides is 2. The molecule has 2 aliphatic heterocycles. The van der Waals surface area contributed by atoms with Gasteiger partial charge in [-0.15, -0.1) is 0 Å². The first kappa shape index (κ1) is 59.9. The topological polar surface area (TPSA) is 174 Å². The number of aryl methyl sites for hydroxylation is 1. The van der Waals surface area contributed by atoms with Gasteiger partial charge in [-0.05, 0) is 112 Å². The van der Waals surface area contributed by atoms with Gasteiger partial charge in [0.1, 0.15) is 23.8 Å². The van der Waals surface area contributed by atoms with Gasteiger partial charge in [0.05, 0.1) is 96.5 Å². The minimum absolute atomic E-state index is 0.0197. The zero-order chi connectivity index (χ0) is 56.5. The number of rotatable bonds is 26. The Kier molecular flexibility index (Phi) is 21.9. The molecule has 428 valence electrons. The van der Waals surface area contributed by atoms with E-state index in [1.807, 2.05) is 38.2 Å². The van der Waals surface area contributed by atoms with Gasteiger partial charge in [-0.3, -0.25) is 24.2 Å². The molecule has 5 aromatic rings. The minimum Gasteiger partial charge on any atom is -0.496 e. The molecular formula is C58H76F3N9O9. The molecule has 0 bridgehead atoms. The van der Waals surface area contributed by atoms with Crippen LogP contribution >= 0.6 is 0 Å². The standard InChI is InChI=1S/C58H76F3N9O9/c1-40-41(2)57(73)67(4)36-47(40)43-33-52(74-5)48(53(34-43)75-6)37-68-22-24-69(25-23-68)38-55(71)63-18-26-77-28-30-79-31-29-78-27-19-64-56(72)42-13-14-50(54(32-42)76-7)62-17-9-10-45-35-46-49(65-44-15-20-66(3)21-16-44)11-8-12-51(46)70(45)39-58(59,60)61/h8,11-14,32-36,44,62,65H,15-31,37-39H2,1-7H3,(H,63,71)(H,64,72). The fourth-order valence-corrected chi connectivity index (χ4v) is 9.78. The van der Waals surface area contributed by atoms with Crippen molar-refractivity contribution in [2.24, 2.45) is 7.05 Å². The van der Waals surface area contributed by atoms with Gasteiger partial charge in [-0.1, -0.05) is 12.0 Å². The van der Waals surface area contributed by atoms with Gasteiger partial charge in [0.2, 0.25) is 5.91 Å². The van der Waals surface area contributed by atoms with Crippen LogP contribution in [0.4, 0.5) is 24.5 Å².